The third-order valence-electron chi connectivity index (χ3n) is 5.81. The van der Waals surface area contributed by atoms with Crippen LogP contribution in [0.3, 0.4) is 0 Å². The third kappa shape index (κ3) is 6.23. The van der Waals surface area contributed by atoms with Crippen LogP contribution in [-0.2, 0) is 26.2 Å². The molecule has 4 rings (SSSR count). The van der Waals surface area contributed by atoms with E-state index < -0.39 is 0 Å². The summed E-state index contributed by atoms with van der Waals surface area (Å²) in [5.41, 5.74) is 3.70. The minimum atomic E-state index is 0.499. The molecule has 1 aromatic carbocycles. The van der Waals surface area contributed by atoms with Crippen LogP contribution in [0.4, 0.5) is 0 Å². The highest BCUT2D eigenvalue weighted by Crippen LogP contribution is 2.19. The van der Waals surface area contributed by atoms with E-state index in [0.29, 0.717) is 12.1 Å². The van der Waals surface area contributed by atoms with Crippen molar-refractivity contribution >= 4 is 0 Å². The molecule has 1 fully saturated rings. The molecule has 1 aliphatic rings. The van der Waals surface area contributed by atoms with Crippen LogP contribution in [0.25, 0.3) is 0 Å². The Hall–Kier alpha value is -2.54. The van der Waals surface area contributed by atoms with Crippen molar-refractivity contribution in [3.05, 3.63) is 83.7 Å². The van der Waals surface area contributed by atoms with Gasteiger partial charge in [-0.1, -0.05) is 43.2 Å². The zero-order valence-corrected chi connectivity index (χ0v) is 17.5. The minimum absolute atomic E-state index is 0.499. The zero-order chi connectivity index (χ0) is 20.4. The first kappa shape index (κ1) is 20.7. The smallest absolute Gasteiger partial charge is 0.120 e. The van der Waals surface area contributed by atoms with Crippen molar-refractivity contribution in [1.82, 2.24) is 30.9 Å². The van der Waals surface area contributed by atoms with E-state index in [1.807, 2.05) is 36.8 Å². The molecule has 6 nitrogen and oxygen atoms in total. The van der Waals surface area contributed by atoms with E-state index in [0.717, 1.165) is 37.7 Å². The van der Waals surface area contributed by atoms with E-state index in [1.54, 1.807) is 0 Å². The van der Waals surface area contributed by atoms with E-state index in [2.05, 4.69) is 55.2 Å². The molecule has 2 atom stereocenters. The normalized spacial score (nSPS) is 19.1. The van der Waals surface area contributed by atoms with Crippen molar-refractivity contribution in [3.63, 3.8) is 0 Å². The molecule has 6 heteroatoms. The lowest BCUT2D eigenvalue weighted by atomic mass is 9.90. The van der Waals surface area contributed by atoms with Crippen LogP contribution in [0.15, 0.2) is 61.1 Å². The summed E-state index contributed by atoms with van der Waals surface area (Å²) in [5.74, 6) is 1.01. The Labute approximate surface area is 178 Å². The Morgan fingerprint density at radius 2 is 1.50 bits per heavy atom. The second-order valence-corrected chi connectivity index (χ2v) is 8.04. The summed E-state index contributed by atoms with van der Waals surface area (Å²) in [5, 5.41) is 10.9. The molecule has 2 aromatic heterocycles. The predicted molar refractivity (Wildman–Crippen MR) is 120 cm³/mol. The molecule has 30 heavy (non-hydrogen) atoms. The number of hydrogen-bond acceptors (Lipinski definition) is 5. The van der Waals surface area contributed by atoms with Gasteiger partial charge in [-0.15, -0.1) is 0 Å². The second kappa shape index (κ2) is 11.0. The molecule has 0 spiro atoms. The number of pyridine rings is 1. The third-order valence-corrected chi connectivity index (χ3v) is 5.81. The summed E-state index contributed by atoms with van der Waals surface area (Å²) < 4.78 is 0. The molecule has 0 unspecified atom stereocenters. The molecule has 0 radical (unpaired) electrons. The van der Waals surface area contributed by atoms with Crippen LogP contribution in [0.2, 0.25) is 0 Å². The van der Waals surface area contributed by atoms with Gasteiger partial charge in [-0.25, -0.2) is 4.98 Å². The largest absolute Gasteiger partial charge is 0.348 e. The number of hydrogen-bond donors (Lipinski definition) is 4. The summed E-state index contributed by atoms with van der Waals surface area (Å²) in [6.07, 6.45) is 10.6. The van der Waals surface area contributed by atoms with Gasteiger partial charge in [0, 0.05) is 50.3 Å². The molecular weight excluding hydrogens is 372 g/mol. The van der Waals surface area contributed by atoms with E-state index in [9.17, 15) is 0 Å². The highest BCUT2D eigenvalue weighted by atomic mass is 15.0. The lowest BCUT2D eigenvalue weighted by Crippen LogP contribution is -2.49. The molecule has 0 bridgehead atoms. The fourth-order valence-corrected chi connectivity index (χ4v) is 4.10. The van der Waals surface area contributed by atoms with Gasteiger partial charge in [0.15, 0.2) is 0 Å². The lowest BCUT2D eigenvalue weighted by Gasteiger charge is -2.33. The first-order chi connectivity index (χ1) is 14.9. The summed E-state index contributed by atoms with van der Waals surface area (Å²) in [4.78, 5) is 11.8. The van der Waals surface area contributed by atoms with Gasteiger partial charge in [0.25, 0.3) is 0 Å². The van der Waals surface area contributed by atoms with Crippen LogP contribution in [0, 0.1) is 0 Å². The fourth-order valence-electron chi connectivity index (χ4n) is 4.10. The first-order valence-corrected chi connectivity index (χ1v) is 11.0. The van der Waals surface area contributed by atoms with Crippen molar-refractivity contribution < 1.29 is 0 Å². The maximum absolute atomic E-state index is 4.35. The van der Waals surface area contributed by atoms with Gasteiger partial charge in [-0.2, -0.15) is 0 Å². The maximum Gasteiger partial charge on any atom is 0.120 e. The van der Waals surface area contributed by atoms with Gasteiger partial charge in [0.05, 0.1) is 12.2 Å². The lowest BCUT2D eigenvalue weighted by molar-refractivity contribution is 0.280. The van der Waals surface area contributed by atoms with Crippen LogP contribution in [-0.4, -0.2) is 27.0 Å². The molecule has 0 saturated heterocycles. The van der Waals surface area contributed by atoms with Crippen LogP contribution in [0.5, 0.6) is 0 Å². The summed E-state index contributed by atoms with van der Waals surface area (Å²) in [6.45, 7) is 3.35. The van der Waals surface area contributed by atoms with Gasteiger partial charge >= 0.3 is 0 Å². The molecule has 1 saturated carbocycles. The Balaban J connectivity index is 1.21. The van der Waals surface area contributed by atoms with Gasteiger partial charge in [-0.05, 0) is 36.1 Å². The Morgan fingerprint density at radius 3 is 2.17 bits per heavy atom. The van der Waals surface area contributed by atoms with Crippen molar-refractivity contribution in [1.29, 1.82) is 0 Å². The van der Waals surface area contributed by atoms with Crippen molar-refractivity contribution in [2.24, 2.45) is 0 Å². The Morgan fingerprint density at radius 1 is 0.767 bits per heavy atom. The van der Waals surface area contributed by atoms with Crippen molar-refractivity contribution in [3.8, 4) is 0 Å². The molecule has 4 N–H and O–H groups in total. The summed E-state index contributed by atoms with van der Waals surface area (Å²) >= 11 is 0. The van der Waals surface area contributed by atoms with Gasteiger partial charge in [-0.3, -0.25) is 4.98 Å². The number of aromatic nitrogens is 3. The molecule has 3 aromatic rings. The van der Waals surface area contributed by atoms with Crippen LogP contribution >= 0.6 is 0 Å². The number of aromatic amines is 1. The minimum Gasteiger partial charge on any atom is -0.348 e. The number of H-pyrrole nitrogens is 1. The molecular formula is C24H32N6. The van der Waals surface area contributed by atoms with E-state index in [1.165, 1.54) is 36.8 Å². The summed E-state index contributed by atoms with van der Waals surface area (Å²) in [6, 6.07) is 15.9. The van der Waals surface area contributed by atoms with Gasteiger partial charge in [0.1, 0.15) is 5.82 Å². The molecule has 0 amide bonds. The zero-order valence-electron chi connectivity index (χ0n) is 17.5. The topological polar surface area (TPSA) is 77.7 Å². The maximum atomic E-state index is 4.35. The molecule has 2 heterocycles. The number of nitrogens with zero attached hydrogens (tertiary/aromatic N) is 2. The van der Waals surface area contributed by atoms with E-state index in [-0.39, 0.29) is 0 Å². The number of nitrogens with one attached hydrogen (secondary N) is 4. The van der Waals surface area contributed by atoms with Crippen LogP contribution in [0.1, 0.15) is 48.3 Å². The number of benzene rings is 1. The molecule has 0 aliphatic heterocycles. The molecule has 1 aliphatic carbocycles. The van der Waals surface area contributed by atoms with Crippen molar-refractivity contribution in [2.45, 2.75) is 63.9 Å². The average Bonchev–Trinajstić information content (AvgIpc) is 3.32. The van der Waals surface area contributed by atoms with E-state index in [4.69, 9.17) is 0 Å². The average molecular weight is 405 g/mol. The highest BCUT2D eigenvalue weighted by Gasteiger charge is 2.24. The predicted octanol–water partition coefficient (Wildman–Crippen LogP) is 3.29. The summed E-state index contributed by atoms with van der Waals surface area (Å²) in [7, 11) is 0. The van der Waals surface area contributed by atoms with Crippen LogP contribution < -0.4 is 16.0 Å². The second-order valence-electron chi connectivity index (χ2n) is 8.04. The SMILES string of the molecule is c1ccc(CNCc2ccc(CN[C@H]3CCCC[C@H]3NCc3ncc[nH]3)cc2)nc1. The quantitative estimate of drug-likeness (QED) is 0.417. The molecule has 158 valence electrons. The van der Waals surface area contributed by atoms with Gasteiger partial charge < -0.3 is 20.9 Å². The highest BCUT2D eigenvalue weighted by molar-refractivity contribution is 5.22. The Bertz CT molecular complexity index is 847. The van der Waals surface area contributed by atoms with Crippen molar-refractivity contribution in [2.75, 3.05) is 0 Å². The standard InChI is InChI=1S/C24H32N6/c1-2-7-23(30-18-24-27-13-14-28-24)22(6-1)29-16-20-10-8-19(9-11-20)15-25-17-21-5-3-4-12-26-21/h3-5,8-14,22-23,25,29-30H,1-2,6-7,15-18H2,(H,27,28)/t22-,23+/m0/s1. The fraction of sp³-hybridized carbons (Fsp3) is 0.417. The van der Waals surface area contributed by atoms with E-state index >= 15 is 0 Å². The first-order valence-electron chi connectivity index (χ1n) is 11.0. The monoisotopic (exact) mass is 404 g/mol. The Kier molecular flexibility index (Phi) is 7.61. The van der Waals surface area contributed by atoms with Gasteiger partial charge in [0.2, 0.25) is 0 Å². The number of rotatable bonds is 10. The number of imidazole rings is 1.